The largest absolute Gasteiger partial charge is 0.441 e. The molecule has 0 spiro atoms. The van der Waals surface area contributed by atoms with Crippen molar-refractivity contribution in [1.82, 2.24) is 0 Å². The molecule has 4 heteroatoms. The second-order valence-electron chi connectivity index (χ2n) is 3.41. The van der Waals surface area contributed by atoms with Crippen molar-refractivity contribution >= 4 is 15.1 Å². The average molecular weight is 140 g/mol. The van der Waals surface area contributed by atoms with Crippen LogP contribution in [0.15, 0.2) is 0 Å². The summed E-state index contributed by atoms with van der Waals surface area (Å²) in [6.45, 7) is 5.80. The van der Waals surface area contributed by atoms with Crippen LogP contribution in [0.3, 0.4) is 0 Å². The Morgan fingerprint density at radius 1 is 1.60 bits per heavy atom. The molecule has 0 amide bonds. The molecule has 10 heavy (non-hydrogen) atoms. The van der Waals surface area contributed by atoms with E-state index in [1.807, 2.05) is 28.5 Å². The van der Waals surface area contributed by atoms with E-state index in [0.717, 1.165) is 0 Å². The Balaban J connectivity index is 2.59. The highest BCUT2D eigenvalue weighted by molar-refractivity contribution is 6.85. The molecular weight excluding hydrogens is 126 g/mol. The Labute approximate surface area is 63.6 Å². The van der Waals surface area contributed by atoms with Crippen molar-refractivity contribution in [1.29, 1.82) is 0 Å². The highest BCUT2D eigenvalue weighted by Crippen LogP contribution is 2.55. The summed E-state index contributed by atoms with van der Waals surface area (Å²) in [4.78, 5) is 0. The van der Waals surface area contributed by atoms with Gasteiger partial charge in [-0.15, -0.1) is 0 Å². The first-order chi connectivity index (χ1) is 4.47. The smallest absolute Gasteiger partial charge is 0.231 e. The minimum atomic E-state index is -0.608. The van der Waals surface area contributed by atoms with Gasteiger partial charge in [0.05, 0.1) is 11.2 Å². The van der Waals surface area contributed by atoms with Gasteiger partial charge in [0.1, 0.15) is 7.74 Å². The van der Waals surface area contributed by atoms with Gasteiger partial charge in [-0.2, -0.15) is 0 Å². The lowest BCUT2D eigenvalue weighted by atomic mass is 9.72. The van der Waals surface area contributed by atoms with Gasteiger partial charge < -0.3 is 9.76 Å². The van der Waals surface area contributed by atoms with Crippen LogP contribution >= 0.6 is 0 Å². The fourth-order valence-electron chi connectivity index (χ4n) is 1.57. The van der Waals surface area contributed by atoms with Crippen molar-refractivity contribution in [3.05, 3.63) is 0 Å². The van der Waals surface area contributed by atoms with Gasteiger partial charge in [-0.25, -0.2) is 0 Å². The molecule has 0 aromatic heterocycles. The lowest BCUT2D eigenvalue weighted by Gasteiger charge is -2.13. The summed E-state index contributed by atoms with van der Waals surface area (Å²) in [5, 5.41) is 9.63. The predicted octanol–water partition coefficient (Wildman–Crippen LogP) is -0.938. The van der Waals surface area contributed by atoms with Crippen molar-refractivity contribution in [2.75, 3.05) is 0 Å². The normalized spacial score (nSPS) is 52.6. The van der Waals surface area contributed by atoms with E-state index < -0.39 is 5.60 Å². The Hall–Kier alpha value is 0.0499. The average Bonchev–Trinajstić information content (AvgIpc) is 2.17. The molecule has 2 nitrogen and oxygen atoms in total. The fraction of sp³-hybridized carbons (Fsp3) is 1.00. The van der Waals surface area contributed by atoms with Crippen LogP contribution in [-0.4, -0.2) is 31.4 Å². The third-order valence-corrected chi connectivity index (χ3v) is 3.04. The second kappa shape index (κ2) is 2.02. The summed E-state index contributed by atoms with van der Waals surface area (Å²) in [5.74, 6) is 0.264. The van der Waals surface area contributed by atoms with Crippen LogP contribution in [0.2, 0.25) is 0 Å². The first-order valence-corrected chi connectivity index (χ1v) is 3.83. The first-order valence-electron chi connectivity index (χ1n) is 3.83. The highest BCUT2D eigenvalue weighted by Gasteiger charge is 2.68. The van der Waals surface area contributed by atoms with Crippen molar-refractivity contribution in [3.63, 3.8) is 0 Å². The molecule has 0 bridgehead atoms. The monoisotopic (exact) mass is 140 g/mol. The van der Waals surface area contributed by atoms with Crippen LogP contribution in [0.5, 0.6) is 0 Å². The molecule has 0 aliphatic heterocycles. The van der Waals surface area contributed by atoms with Gasteiger partial charge in [0.25, 0.3) is 0 Å². The van der Waals surface area contributed by atoms with Gasteiger partial charge in [0.2, 0.25) is 7.37 Å². The maximum Gasteiger partial charge on any atom is 0.231 e. The summed E-state index contributed by atoms with van der Waals surface area (Å²) >= 11 is 0. The van der Waals surface area contributed by atoms with Crippen LogP contribution in [-0.2, 0) is 4.65 Å². The minimum Gasteiger partial charge on any atom is -0.441 e. The molecular formula is C6H14B2O2. The molecule has 1 fully saturated rings. The van der Waals surface area contributed by atoms with E-state index in [0.29, 0.717) is 7.37 Å². The Kier molecular flexibility index (Phi) is 1.64. The molecule has 1 aliphatic rings. The third-order valence-electron chi connectivity index (χ3n) is 3.04. The molecule has 0 aromatic rings. The van der Waals surface area contributed by atoms with Gasteiger partial charge in [-0.05, 0) is 13.8 Å². The van der Waals surface area contributed by atoms with Crippen molar-refractivity contribution in [3.8, 4) is 0 Å². The van der Waals surface area contributed by atoms with Gasteiger partial charge in [-0.3, -0.25) is 0 Å². The molecule has 3 atom stereocenters. The van der Waals surface area contributed by atoms with E-state index in [4.69, 9.17) is 4.65 Å². The van der Waals surface area contributed by atoms with E-state index in [2.05, 4.69) is 0 Å². The van der Waals surface area contributed by atoms with Crippen molar-refractivity contribution in [2.45, 2.75) is 32.0 Å². The van der Waals surface area contributed by atoms with Crippen molar-refractivity contribution < 1.29 is 9.76 Å². The van der Waals surface area contributed by atoms with Crippen LogP contribution < -0.4 is 0 Å². The summed E-state index contributed by atoms with van der Waals surface area (Å²) in [6.07, 6.45) is 0. The standard InChI is InChI=1S/C6H14B2O2/c1-4-5(2,9)6(4,3)10-8-7/h4,8-9H,7H2,1-3H3. The number of hydrogen-bond acceptors (Lipinski definition) is 2. The van der Waals surface area contributed by atoms with Gasteiger partial charge in [-0.1, -0.05) is 6.92 Å². The van der Waals surface area contributed by atoms with Crippen LogP contribution in [0.25, 0.3) is 0 Å². The molecule has 3 unspecified atom stereocenters. The predicted molar refractivity (Wildman–Crippen MR) is 45.0 cm³/mol. The molecule has 1 N–H and O–H groups in total. The summed E-state index contributed by atoms with van der Waals surface area (Å²) in [5.41, 5.74) is -0.898. The summed E-state index contributed by atoms with van der Waals surface area (Å²) < 4.78 is 5.42. The first kappa shape index (κ1) is 8.15. The lowest BCUT2D eigenvalue weighted by Crippen LogP contribution is -2.24. The van der Waals surface area contributed by atoms with Crippen molar-refractivity contribution in [2.24, 2.45) is 5.92 Å². The summed E-state index contributed by atoms with van der Waals surface area (Å²) in [6, 6.07) is 0. The van der Waals surface area contributed by atoms with Gasteiger partial charge in [0.15, 0.2) is 0 Å². The Bertz CT molecular complexity index is 149. The topological polar surface area (TPSA) is 29.5 Å². The zero-order valence-electron chi connectivity index (χ0n) is 7.14. The zero-order chi connectivity index (χ0) is 7.99. The lowest BCUT2D eigenvalue weighted by molar-refractivity contribution is 0.0645. The number of rotatable bonds is 2. The molecule has 1 aliphatic carbocycles. The fourth-order valence-corrected chi connectivity index (χ4v) is 1.57. The van der Waals surface area contributed by atoms with Gasteiger partial charge >= 0.3 is 0 Å². The maximum atomic E-state index is 9.63. The van der Waals surface area contributed by atoms with E-state index in [1.165, 1.54) is 0 Å². The third kappa shape index (κ3) is 0.753. The van der Waals surface area contributed by atoms with Crippen LogP contribution in [0.1, 0.15) is 20.8 Å². The molecule has 1 rings (SSSR count). The molecule has 0 radical (unpaired) electrons. The van der Waals surface area contributed by atoms with E-state index >= 15 is 0 Å². The van der Waals surface area contributed by atoms with Gasteiger partial charge in [0, 0.05) is 5.92 Å². The van der Waals surface area contributed by atoms with E-state index in [9.17, 15) is 5.11 Å². The quantitative estimate of drug-likeness (QED) is 0.501. The van der Waals surface area contributed by atoms with Crippen LogP contribution in [0.4, 0.5) is 0 Å². The number of aliphatic hydroxyl groups is 1. The van der Waals surface area contributed by atoms with E-state index in [1.54, 1.807) is 0 Å². The summed E-state index contributed by atoms with van der Waals surface area (Å²) in [7, 11) is 2.63. The Morgan fingerprint density at radius 2 is 2.00 bits per heavy atom. The van der Waals surface area contributed by atoms with E-state index in [-0.39, 0.29) is 11.5 Å². The highest BCUT2D eigenvalue weighted by atomic mass is 16.5. The second-order valence-corrected chi connectivity index (χ2v) is 3.41. The molecule has 0 heterocycles. The zero-order valence-corrected chi connectivity index (χ0v) is 7.14. The minimum absolute atomic E-state index is 0.264. The molecule has 0 saturated heterocycles. The van der Waals surface area contributed by atoms with Crippen LogP contribution in [0, 0.1) is 5.92 Å². The molecule has 1 saturated carbocycles. The Morgan fingerprint density at radius 3 is 2.10 bits per heavy atom. The molecule has 0 aromatic carbocycles. The molecule has 56 valence electrons. The number of hydrogen-bond donors (Lipinski definition) is 1. The SMILES string of the molecule is BBOC1(C)C(C)C1(C)O. The maximum absolute atomic E-state index is 9.63.